The summed E-state index contributed by atoms with van der Waals surface area (Å²) in [7, 11) is 0. The number of furan rings is 1. The molecule has 162 valence electrons. The van der Waals surface area contributed by atoms with E-state index >= 15 is 0 Å². The van der Waals surface area contributed by atoms with Crippen molar-refractivity contribution in [3.05, 3.63) is 77.8 Å². The monoisotopic (exact) mass is 432 g/mol. The maximum absolute atomic E-state index is 13.0. The van der Waals surface area contributed by atoms with Crippen LogP contribution in [0.2, 0.25) is 0 Å². The van der Waals surface area contributed by atoms with E-state index in [0.29, 0.717) is 25.9 Å². The number of carbonyl (C=O) groups is 1. The quantitative estimate of drug-likeness (QED) is 0.529. The van der Waals surface area contributed by atoms with Crippen molar-refractivity contribution in [2.75, 3.05) is 18.4 Å². The highest BCUT2D eigenvalue weighted by Gasteiger charge is 2.31. The van der Waals surface area contributed by atoms with E-state index in [1.807, 2.05) is 0 Å². The van der Waals surface area contributed by atoms with Crippen LogP contribution in [0.5, 0.6) is 0 Å². The number of hydrogen-bond donors (Lipinski definition) is 1. The standard InChI is InChI=1S/C23H20F4N2O2/c24-17-4-6-18(7-5-17)28-19-10-12-29(13-11-19)22(30)21-9-8-20(31-21)15-2-1-3-16(14-15)23(25,26)27/h1-9,14,19,28H,10-13H2. The third-order valence-corrected chi connectivity index (χ3v) is 5.29. The average Bonchev–Trinajstić information content (AvgIpc) is 3.25. The van der Waals surface area contributed by atoms with E-state index in [4.69, 9.17) is 4.42 Å². The van der Waals surface area contributed by atoms with Crippen molar-refractivity contribution in [3.8, 4) is 11.3 Å². The molecule has 1 aliphatic rings. The van der Waals surface area contributed by atoms with Gasteiger partial charge in [0.25, 0.3) is 5.91 Å². The normalized spacial score (nSPS) is 15.2. The van der Waals surface area contributed by atoms with Crippen LogP contribution in [0.1, 0.15) is 29.0 Å². The van der Waals surface area contributed by atoms with Gasteiger partial charge < -0.3 is 14.6 Å². The number of alkyl halides is 3. The number of amides is 1. The molecule has 0 unspecified atom stereocenters. The number of nitrogens with zero attached hydrogens (tertiary/aromatic N) is 1. The molecule has 2 heterocycles. The van der Waals surface area contributed by atoms with Gasteiger partial charge >= 0.3 is 6.18 Å². The number of piperidine rings is 1. The molecule has 8 heteroatoms. The van der Waals surface area contributed by atoms with Crippen LogP contribution < -0.4 is 5.32 Å². The molecule has 1 aromatic heterocycles. The fourth-order valence-corrected chi connectivity index (χ4v) is 3.62. The van der Waals surface area contributed by atoms with Gasteiger partial charge in [-0.05, 0) is 61.4 Å². The van der Waals surface area contributed by atoms with E-state index in [1.165, 1.54) is 36.4 Å². The van der Waals surface area contributed by atoms with Crippen molar-refractivity contribution in [2.24, 2.45) is 0 Å². The fraction of sp³-hybridized carbons (Fsp3) is 0.261. The Morgan fingerprint density at radius 3 is 2.39 bits per heavy atom. The minimum absolute atomic E-state index is 0.0948. The van der Waals surface area contributed by atoms with Crippen molar-refractivity contribution in [2.45, 2.75) is 25.1 Å². The van der Waals surface area contributed by atoms with Crippen LogP contribution in [0.25, 0.3) is 11.3 Å². The number of hydrogen-bond acceptors (Lipinski definition) is 3. The number of anilines is 1. The number of rotatable bonds is 4. The summed E-state index contributed by atoms with van der Waals surface area (Å²) < 4.78 is 57.4. The summed E-state index contributed by atoms with van der Waals surface area (Å²) in [6, 6.07) is 14.1. The maximum Gasteiger partial charge on any atom is 0.416 e. The van der Waals surface area contributed by atoms with Crippen molar-refractivity contribution < 1.29 is 26.8 Å². The van der Waals surface area contributed by atoms with Gasteiger partial charge in [0.15, 0.2) is 5.76 Å². The first-order valence-electron chi connectivity index (χ1n) is 9.88. The average molecular weight is 432 g/mol. The predicted molar refractivity (Wildman–Crippen MR) is 108 cm³/mol. The van der Waals surface area contributed by atoms with Crippen molar-refractivity contribution in [1.29, 1.82) is 0 Å². The SMILES string of the molecule is O=C(c1ccc(-c2cccc(C(F)(F)F)c2)o1)N1CCC(Nc2ccc(F)cc2)CC1. The Morgan fingerprint density at radius 1 is 1.00 bits per heavy atom. The van der Waals surface area contributed by atoms with E-state index in [1.54, 1.807) is 17.0 Å². The van der Waals surface area contributed by atoms with Crippen molar-refractivity contribution in [1.82, 2.24) is 4.90 Å². The molecule has 0 spiro atoms. The molecule has 0 radical (unpaired) electrons. The van der Waals surface area contributed by atoms with Gasteiger partial charge in [-0.1, -0.05) is 12.1 Å². The molecule has 3 aromatic rings. The summed E-state index contributed by atoms with van der Waals surface area (Å²) in [6.45, 7) is 1.02. The minimum atomic E-state index is -4.45. The Morgan fingerprint density at radius 2 is 1.71 bits per heavy atom. The van der Waals surface area contributed by atoms with Crippen molar-refractivity contribution >= 4 is 11.6 Å². The predicted octanol–water partition coefficient (Wildman–Crippen LogP) is 5.82. The topological polar surface area (TPSA) is 45.5 Å². The molecular formula is C23H20F4N2O2. The summed E-state index contributed by atoms with van der Waals surface area (Å²) in [4.78, 5) is 14.4. The van der Waals surface area contributed by atoms with Gasteiger partial charge in [0.05, 0.1) is 5.56 Å². The number of benzene rings is 2. The van der Waals surface area contributed by atoms with Crippen LogP contribution in [0.4, 0.5) is 23.2 Å². The van der Waals surface area contributed by atoms with E-state index in [9.17, 15) is 22.4 Å². The van der Waals surface area contributed by atoms with Crippen molar-refractivity contribution in [3.63, 3.8) is 0 Å². The van der Waals surface area contributed by atoms with Gasteiger partial charge in [-0.2, -0.15) is 13.2 Å². The van der Waals surface area contributed by atoms with Gasteiger partial charge in [-0.3, -0.25) is 4.79 Å². The Hall–Kier alpha value is -3.29. The molecule has 2 aromatic carbocycles. The highest BCUT2D eigenvalue weighted by atomic mass is 19.4. The second-order valence-electron chi connectivity index (χ2n) is 7.46. The highest BCUT2D eigenvalue weighted by Crippen LogP contribution is 2.33. The lowest BCUT2D eigenvalue weighted by Crippen LogP contribution is -2.42. The number of halogens is 4. The molecule has 0 bridgehead atoms. The summed E-state index contributed by atoms with van der Waals surface area (Å²) >= 11 is 0. The Balaban J connectivity index is 1.38. The molecule has 4 rings (SSSR count). The van der Waals surface area contributed by atoms with Crippen LogP contribution in [-0.4, -0.2) is 29.9 Å². The highest BCUT2D eigenvalue weighted by molar-refractivity contribution is 5.92. The van der Waals surface area contributed by atoms with Gasteiger partial charge in [-0.25, -0.2) is 4.39 Å². The molecular weight excluding hydrogens is 412 g/mol. The third-order valence-electron chi connectivity index (χ3n) is 5.29. The first-order chi connectivity index (χ1) is 14.8. The zero-order valence-corrected chi connectivity index (χ0v) is 16.5. The molecule has 4 nitrogen and oxygen atoms in total. The van der Waals surface area contributed by atoms with Crippen LogP contribution >= 0.6 is 0 Å². The number of likely N-dealkylation sites (tertiary alicyclic amines) is 1. The van der Waals surface area contributed by atoms with E-state index in [-0.39, 0.29) is 34.9 Å². The molecule has 1 amide bonds. The third kappa shape index (κ3) is 4.90. The smallest absolute Gasteiger partial charge is 0.416 e. The Bertz CT molecular complexity index is 1050. The van der Waals surface area contributed by atoms with Gasteiger partial charge in [0, 0.05) is 30.4 Å². The first kappa shape index (κ1) is 21.0. The van der Waals surface area contributed by atoms with Crippen LogP contribution in [-0.2, 0) is 6.18 Å². The fourth-order valence-electron chi connectivity index (χ4n) is 3.62. The second-order valence-corrected chi connectivity index (χ2v) is 7.46. The van der Waals surface area contributed by atoms with Gasteiger partial charge in [0.1, 0.15) is 11.6 Å². The van der Waals surface area contributed by atoms with Crippen LogP contribution in [0.15, 0.2) is 65.1 Å². The zero-order valence-electron chi connectivity index (χ0n) is 16.5. The second kappa shape index (κ2) is 8.45. The summed E-state index contributed by atoms with van der Waals surface area (Å²) in [6.07, 6.45) is -3.03. The molecule has 0 aliphatic carbocycles. The zero-order chi connectivity index (χ0) is 22.0. The molecule has 1 aliphatic heterocycles. The van der Waals surface area contributed by atoms with Crippen LogP contribution in [0, 0.1) is 5.82 Å². The minimum Gasteiger partial charge on any atom is -0.451 e. The number of nitrogens with one attached hydrogen (secondary N) is 1. The molecule has 0 saturated carbocycles. The molecule has 0 atom stereocenters. The lowest BCUT2D eigenvalue weighted by atomic mass is 10.0. The van der Waals surface area contributed by atoms with Gasteiger partial charge in [0.2, 0.25) is 0 Å². The Labute approximate surface area is 176 Å². The molecule has 31 heavy (non-hydrogen) atoms. The summed E-state index contributed by atoms with van der Waals surface area (Å²) in [5.41, 5.74) is 0.309. The largest absolute Gasteiger partial charge is 0.451 e. The Kier molecular flexibility index (Phi) is 5.71. The van der Waals surface area contributed by atoms with E-state index in [0.717, 1.165) is 17.8 Å². The summed E-state index contributed by atoms with van der Waals surface area (Å²) in [5.74, 6) is -0.285. The molecule has 1 fully saturated rings. The lowest BCUT2D eigenvalue weighted by molar-refractivity contribution is -0.137. The van der Waals surface area contributed by atoms with Crippen LogP contribution in [0.3, 0.4) is 0 Å². The number of carbonyl (C=O) groups excluding carboxylic acids is 1. The van der Waals surface area contributed by atoms with Gasteiger partial charge in [-0.15, -0.1) is 0 Å². The van der Waals surface area contributed by atoms with E-state index < -0.39 is 11.7 Å². The maximum atomic E-state index is 13.0. The lowest BCUT2D eigenvalue weighted by Gasteiger charge is -2.32. The molecule has 1 N–H and O–H groups in total. The first-order valence-corrected chi connectivity index (χ1v) is 9.88. The summed E-state index contributed by atoms with van der Waals surface area (Å²) in [5, 5.41) is 3.33. The molecule has 1 saturated heterocycles. The van der Waals surface area contributed by atoms with E-state index in [2.05, 4.69) is 5.32 Å².